The Bertz CT molecular complexity index is 591. The average Bonchev–Trinajstić information content (AvgIpc) is 2.47. The molecule has 0 atom stereocenters. The van der Waals surface area contributed by atoms with Gasteiger partial charge < -0.3 is 5.21 Å². The number of aryl methyl sites for hydroxylation is 1. The first kappa shape index (κ1) is 11.0. The van der Waals surface area contributed by atoms with E-state index in [1.807, 2.05) is 36.4 Å². The number of hydrogen-bond acceptors (Lipinski definition) is 3. The molecule has 0 unspecified atom stereocenters. The summed E-state index contributed by atoms with van der Waals surface area (Å²) in [4.78, 5) is 4.64. The van der Waals surface area contributed by atoms with E-state index in [4.69, 9.17) is 5.21 Å². The van der Waals surface area contributed by atoms with Crippen LogP contribution >= 0.6 is 0 Å². The minimum absolute atomic E-state index is 0.703. The maximum absolute atomic E-state index is 9.05. The predicted octanol–water partition coefficient (Wildman–Crippen LogP) is 3.26. The molecule has 3 heteroatoms. The summed E-state index contributed by atoms with van der Waals surface area (Å²) in [7, 11) is 0. The van der Waals surface area contributed by atoms with Crippen LogP contribution in [-0.4, -0.2) is 15.9 Å². The first-order chi connectivity index (χ1) is 8.88. The van der Waals surface area contributed by atoms with Crippen LogP contribution in [0.4, 0.5) is 0 Å². The molecule has 0 radical (unpaired) electrons. The van der Waals surface area contributed by atoms with Gasteiger partial charge in [0.2, 0.25) is 0 Å². The summed E-state index contributed by atoms with van der Waals surface area (Å²) in [5, 5.41) is 12.4. The van der Waals surface area contributed by atoms with Crippen molar-refractivity contribution in [3.05, 3.63) is 53.7 Å². The Morgan fingerprint density at radius 2 is 1.83 bits per heavy atom. The largest absolute Gasteiger partial charge is 0.411 e. The molecule has 1 N–H and O–H groups in total. The third kappa shape index (κ3) is 1.88. The van der Waals surface area contributed by atoms with E-state index in [1.165, 1.54) is 5.56 Å². The van der Waals surface area contributed by atoms with Crippen molar-refractivity contribution >= 4 is 5.71 Å². The van der Waals surface area contributed by atoms with Crippen molar-refractivity contribution in [2.75, 3.05) is 0 Å². The number of nitrogens with zero attached hydrogens (tertiary/aromatic N) is 2. The molecule has 3 rings (SSSR count). The topological polar surface area (TPSA) is 45.5 Å². The summed E-state index contributed by atoms with van der Waals surface area (Å²) >= 11 is 0. The summed E-state index contributed by atoms with van der Waals surface area (Å²) in [6.45, 7) is 0. The Balaban J connectivity index is 2.10. The van der Waals surface area contributed by atoms with Gasteiger partial charge in [-0.1, -0.05) is 41.6 Å². The molecule has 1 aliphatic carbocycles. The fourth-order valence-corrected chi connectivity index (χ4v) is 2.37. The number of rotatable bonds is 1. The number of aromatic nitrogens is 1. The second-order valence-corrected chi connectivity index (χ2v) is 4.47. The van der Waals surface area contributed by atoms with Crippen LogP contribution in [-0.2, 0) is 6.42 Å². The molecule has 0 spiro atoms. The van der Waals surface area contributed by atoms with E-state index >= 15 is 0 Å². The van der Waals surface area contributed by atoms with E-state index < -0.39 is 0 Å². The van der Waals surface area contributed by atoms with Crippen LogP contribution in [0.2, 0.25) is 0 Å². The Kier molecular flexibility index (Phi) is 2.81. The van der Waals surface area contributed by atoms with Gasteiger partial charge in [0, 0.05) is 5.56 Å². The SMILES string of the molecule is ON=C1CCCc2ccc(-c3ccccc3)nc21. The van der Waals surface area contributed by atoms with Crippen LogP contribution in [0.3, 0.4) is 0 Å². The molecule has 1 aliphatic rings. The highest BCUT2D eigenvalue weighted by Crippen LogP contribution is 2.24. The molecular formula is C15H14N2O. The van der Waals surface area contributed by atoms with Crippen LogP contribution < -0.4 is 0 Å². The molecule has 1 aromatic carbocycles. The monoisotopic (exact) mass is 238 g/mol. The lowest BCUT2D eigenvalue weighted by atomic mass is 9.93. The van der Waals surface area contributed by atoms with E-state index in [2.05, 4.69) is 16.2 Å². The predicted molar refractivity (Wildman–Crippen MR) is 70.9 cm³/mol. The molecule has 0 saturated heterocycles. The highest BCUT2D eigenvalue weighted by Gasteiger charge is 2.18. The van der Waals surface area contributed by atoms with Gasteiger partial charge in [-0.05, 0) is 30.9 Å². The maximum Gasteiger partial charge on any atom is 0.105 e. The van der Waals surface area contributed by atoms with E-state index in [0.29, 0.717) is 5.71 Å². The summed E-state index contributed by atoms with van der Waals surface area (Å²) in [6, 6.07) is 14.2. The maximum atomic E-state index is 9.05. The molecule has 2 aromatic rings. The third-order valence-electron chi connectivity index (χ3n) is 3.30. The first-order valence-corrected chi connectivity index (χ1v) is 6.15. The van der Waals surface area contributed by atoms with Crippen molar-refractivity contribution in [3.8, 4) is 11.3 Å². The molecule has 3 nitrogen and oxygen atoms in total. The van der Waals surface area contributed by atoms with Crippen molar-refractivity contribution < 1.29 is 5.21 Å². The summed E-state index contributed by atoms with van der Waals surface area (Å²) in [5.41, 5.74) is 4.74. The zero-order valence-corrected chi connectivity index (χ0v) is 10.0. The minimum Gasteiger partial charge on any atom is -0.411 e. The van der Waals surface area contributed by atoms with Gasteiger partial charge in [-0.2, -0.15) is 0 Å². The van der Waals surface area contributed by atoms with Crippen molar-refractivity contribution in [2.45, 2.75) is 19.3 Å². The molecule has 0 saturated carbocycles. The van der Waals surface area contributed by atoms with Crippen LogP contribution in [0.25, 0.3) is 11.3 Å². The average molecular weight is 238 g/mol. The Labute approximate surface area is 106 Å². The fourth-order valence-electron chi connectivity index (χ4n) is 2.37. The quantitative estimate of drug-likeness (QED) is 0.612. The summed E-state index contributed by atoms with van der Waals surface area (Å²) in [6.07, 6.45) is 2.84. The fraction of sp³-hybridized carbons (Fsp3) is 0.200. The van der Waals surface area contributed by atoms with Crippen LogP contribution in [0.15, 0.2) is 47.6 Å². The number of benzene rings is 1. The number of hydrogen-bond donors (Lipinski definition) is 1. The van der Waals surface area contributed by atoms with Gasteiger partial charge in [0.15, 0.2) is 0 Å². The molecule has 1 aromatic heterocycles. The van der Waals surface area contributed by atoms with Gasteiger partial charge in [0.1, 0.15) is 5.71 Å². The first-order valence-electron chi connectivity index (χ1n) is 6.15. The standard InChI is InChI=1S/C15H14N2O/c18-17-14-8-4-7-12-9-10-13(16-15(12)14)11-5-2-1-3-6-11/h1-3,5-6,9-10,18H,4,7-8H2. The molecular weight excluding hydrogens is 224 g/mol. The second-order valence-electron chi connectivity index (χ2n) is 4.47. The Hall–Kier alpha value is -2.16. The molecule has 18 heavy (non-hydrogen) atoms. The van der Waals surface area contributed by atoms with Crippen molar-refractivity contribution in [1.29, 1.82) is 0 Å². The highest BCUT2D eigenvalue weighted by molar-refractivity contribution is 6.01. The molecule has 90 valence electrons. The van der Waals surface area contributed by atoms with E-state index in [-0.39, 0.29) is 0 Å². The Morgan fingerprint density at radius 3 is 2.61 bits per heavy atom. The number of oxime groups is 1. The van der Waals surface area contributed by atoms with E-state index in [9.17, 15) is 0 Å². The van der Waals surface area contributed by atoms with Gasteiger partial charge in [-0.15, -0.1) is 0 Å². The zero-order valence-electron chi connectivity index (χ0n) is 10.0. The Morgan fingerprint density at radius 1 is 1.00 bits per heavy atom. The van der Waals surface area contributed by atoms with Gasteiger partial charge in [-0.3, -0.25) is 0 Å². The molecule has 0 amide bonds. The van der Waals surface area contributed by atoms with Gasteiger partial charge in [0.25, 0.3) is 0 Å². The smallest absolute Gasteiger partial charge is 0.105 e. The van der Waals surface area contributed by atoms with Crippen molar-refractivity contribution in [2.24, 2.45) is 5.16 Å². The van der Waals surface area contributed by atoms with E-state index in [1.54, 1.807) is 0 Å². The third-order valence-corrected chi connectivity index (χ3v) is 3.30. The normalized spacial score (nSPS) is 16.6. The van der Waals surface area contributed by atoms with Crippen molar-refractivity contribution in [1.82, 2.24) is 4.98 Å². The van der Waals surface area contributed by atoms with Crippen LogP contribution in [0, 0.1) is 0 Å². The molecule has 0 aliphatic heterocycles. The molecule has 0 fully saturated rings. The van der Waals surface area contributed by atoms with Crippen molar-refractivity contribution in [3.63, 3.8) is 0 Å². The van der Waals surface area contributed by atoms with E-state index in [0.717, 1.165) is 36.2 Å². The second kappa shape index (κ2) is 4.61. The van der Waals surface area contributed by atoms with Gasteiger partial charge in [-0.25, -0.2) is 4.98 Å². The summed E-state index contributed by atoms with van der Waals surface area (Å²) in [5.74, 6) is 0. The summed E-state index contributed by atoms with van der Waals surface area (Å²) < 4.78 is 0. The lowest BCUT2D eigenvalue weighted by Crippen LogP contribution is -2.14. The lowest BCUT2D eigenvalue weighted by molar-refractivity contribution is 0.317. The number of fused-ring (bicyclic) bond motifs is 1. The van der Waals surface area contributed by atoms with Gasteiger partial charge >= 0.3 is 0 Å². The zero-order chi connectivity index (χ0) is 12.4. The minimum atomic E-state index is 0.703. The highest BCUT2D eigenvalue weighted by atomic mass is 16.4. The molecule has 1 heterocycles. The molecule has 0 bridgehead atoms. The lowest BCUT2D eigenvalue weighted by Gasteiger charge is -2.16. The van der Waals surface area contributed by atoms with Gasteiger partial charge in [0.05, 0.1) is 11.4 Å². The van der Waals surface area contributed by atoms with Crippen LogP contribution in [0.5, 0.6) is 0 Å². The number of pyridine rings is 1. The van der Waals surface area contributed by atoms with Crippen LogP contribution in [0.1, 0.15) is 24.1 Å².